The lowest BCUT2D eigenvalue weighted by molar-refractivity contribution is 0.251. The zero-order valence-corrected chi connectivity index (χ0v) is 16.3. The molecule has 27 heavy (non-hydrogen) atoms. The van der Waals surface area contributed by atoms with Gasteiger partial charge in [-0.1, -0.05) is 38.1 Å². The number of carbonyl (C=O) groups is 1. The van der Waals surface area contributed by atoms with Gasteiger partial charge in [-0.2, -0.15) is 0 Å². The van der Waals surface area contributed by atoms with Crippen molar-refractivity contribution in [2.75, 3.05) is 11.9 Å². The highest BCUT2D eigenvalue weighted by molar-refractivity contribution is 5.89. The van der Waals surface area contributed by atoms with Crippen LogP contribution in [0.1, 0.15) is 31.7 Å². The number of amides is 2. The molecule has 0 radical (unpaired) electrons. The highest BCUT2D eigenvalue weighted by Gasteiger charge is 2.08. The predicted molar refractivity (Wildman–Crippen MR) is 111 cm³/mol. The van der Waals surface area contributed by atoms with E-state index in [1.807, 2.05) is 36.4 Å². The first-order valence-electron chi connectivity index (χ1n) is 9.57. The summed E-state index contributed by atoms with van der Waals surface area (Å²) in [4.78, 5) is 16.7. The van der Waals surface area contributed by atoms with Gasteiger partial charge in [-0.05, 0) is 48.6 Å². The number of para-hydroxylation sites is 2. The molecule has 0 unspecified atom stereocenters. The fourth-order valence-corrected chi connectivity index (χ4v) is 3.13. The fourth-order valence-electron chi connectivity index (χ4n) is 3.13. The molecule has 0 saturated heterocycles. The van der Waals surface area contributed by atoms with Crippen LogP contribution in [0.5, 0.6) is 0 Å². The van der Waals surface area contributed by atoms with Gasteiger partial charge in [0.1, 0.15) is 5.82 Å². The molecule has 2 N–H and O–H groups in total. The van der Waals surface area contributed by atoms with Gasteiger partial charge >= 0.3 is 6.03 Å². The molecule has 0 spiro atoms. The minimum absolute atomic E-state index is 0.150. The molecule has 5 heteroatoms. The van der Waals surface area contributed by atoms with Crippen molar-refractivity contribution in [3.8, 4) is 0 Å². The molecular weight excluding hydrogens is 336 g/mol. The standard InChI is InChI=1S/C22H28N4O/c1-16(2)13-14-23-22(27)24-18-8-6-7-17(15-18)11-12-21-25-19-9-4-5-10-20(19)26(21)3/h4-10,15-16H,11-14H2,1-3H3,(H2,23,24,27). The zero-order valence-electron chi connectivity index (χ0n) is 16.3. The van der Waals surface area contributed by atoms with Crippen LogP contribution < -0.4 is 10.6 Å². The topological polar surface area (TPSA) is 59.0 Å². The molecule has 2 aromatic carbocycles. The Kier molecular flexibility index (Phi) is 6.12. The molecule has 0 aliphatic carbocycles. The number of nitrogens with one attached hydrogen (secondary N) is 2. The van der Waals surface area contributed by atoms with Crippen LogP contribution in [0.3, 0.4) is 0 Å². The second kappa shape index (κ2) is 8.71. The van der Waals surface area contributed by atoms with Crippen LogP contribution in [0.25, 0.3) is 11.0 Å². The normalized spacial score (nSPS) is 11.1. The van der Waals surface area contributed by atoms with E-state index in [1.54, 1.807) is 0 Å². The van der Waals surface area contributed by atoms with E-state index in [-0.39, 0.29) is 6.03 Å². The van der Waals surface area contributed by atoms with E-state index in [4.69, 9.17) is 4.98 Å². The summed E-state index contributed by atoms with van der Waals surface area (Å²) in [6.07, 6.45) is 2.71. The third-order valence-corrected chi connectivity index (χ3v) is 4.71. The Morgan fingerprint density at radius 1 is 1.11 bits per heavy atom. The zero-order chi connectivity index (χ0) is 19.2. The number of aryl methyl sites for hydroxylation is 3. The van der Waals surface area contributed by atoms with Crippen LogP contribution in [0, 0.1) is 5.92 Å². The molecule has 3 aromatic rings. The highest BCUT2D eigenvalue weighted by atomic mass is 16.2. The van der Waals surface area contributed by atoms with E-state index in [1.165, 1.54) is 5.56 Å². The van der Waals surface area contributed by atoms with Crippen molar-refractivity contribution in [1.82, 2.24) is 14.9 Å². The van der Waals surface area contributed by atoms with Gasteiger partial charge in [0, 0.05) is 25.7 Å². The summed E-state index contributed by atoms with van der Waals surface area (Å²) >= 11 is 0. The van der Waals surface area contributed by atoms with Gasteiger partial charge in [-0.3, -0.25) is 0 Å². The molecule has 0 saturated carbocycles. The van der Waals surface area contributed by atoms with Crippen LogP contribution in [0.2, 0.25) is 0 Å². The van der Waals surface area contributed by atoms with Gasteiger partial charge in [0.2, 0.25) is 0 Å². The monoisotopic (exact) mass is 364 g/mol. The summed E-state index contributed by atoms with van der Waals surface area (Å²) in [5.74, 6) is 1.65. The van der Waals surface area contributed by atoms with E-state index >= 15 is 0 Å². The number of aromatic nitrogens is 2. The third kappa shape index (κ3) is 5.09. The van der Waals surface area contributed by atoms with Crippen molar-refractivity contribution in [2.24, 2.45) is 13.0 Å². The molecule has 1 aromatic heterocycles. The van der Waals surface area contributed by atoms with Crippen LogP contribution in [-0.2, 0) is 19.9 Å². The Bertz CT molecular complexity index is 914. The van der Waals surface area contributed by atoms with E-state index in [0.29, 0.717) is 12.5 Å². The van der Waals surface area contributed by atoms with Gasteiger partial charge in [-0.15, -0.1) is 0 Å². The second-order valence-electron chi connectivity index (χ2n) is 7.34. The Balaban J connectivity index is 1.58. The summed E-state index contributed by atoms with van der Waals surface area (Å²) in [5.41, 5.74) is 4.19. The van der Waals surface area contributed by atoms with E-state index < -0.39 is 0 Å². The molecule has 1 heterocycles. The maximum Gasteiger partial charge on any atom is 0.319 e. The summed E-state index contributed by atoms with van der Waals surface area (Å²) in [6, 6.07) is 16.1. The number of imidazole rings is 1. The minimum atomic E-state index is -0.150. The smallest absolute Gasteiger partial charge is 0.319 e. The number of rotatable bonds is 7. The number of fused-ring (bicyclic) bond motifs is 1. The number of nitrogens with zero attached hydrogens (tertiary/aromatic N) is 2. The molecule has 142 valence electrons. The predicted octanol–water partition coefficient (Wildman–Crippen LogP) is 4.53. The lowest BCUT2D eigenvalue weighted by atomic mass is 10.1. The highest BCUT2D eigenvalue weighted by Crippen LogP contribution is 2.17. The first-order chi connectivity index (χ1) is 13.0. The molecule has 0 aliphatic heterocycles. The number of hydrogen-bond acceptors (Lipinski definition) is 2. The first kappa shape index (κ1) is 19.0. The molecule has 0 fully saturated rings. The number of anilines is 1. The number of hydrogen-bond donors (Lipinski definition) is 2. The molecule has 2 amide bonds. The van der Waals surface area contributed by atoms with Crippen molar-refractivity contribution in [1.29, 1.82) is 0 Å². The van der Waals surface area contributed by atoms with Crippen LogP contribution in [0.4, 0.5) is 10.5 Å². The number of urea groups is 1. The summed E-state index contributed by atoms with van der Waals surface area (Å²) in [7, 11) is 2.06. The van der Waals surface area contributed by atoms with Crippen molar-refractivity contribution in [3.05, 3.63) is 59.9 Å². The van der Waals surface area contributed by atoms with Crippen molar-refractivity contribution < 1.29 is 4.79 Å². The second-order valence-corrected chi connectivity index (χ2v) is 7.34. The quantitative estimate of drug-likeness (QED) is 0.647. The average Bonchev–Trinajstić information content (AvgIpc) is 2.96. The van der Waals surface area contributed by atoms with Gasteiger partial charge in [0.15, 0.2) is 0 Å². The first-order valence-corrected chi connectivity index (χ1v) is 9.57. The van der Waals surface area contributed by atoms with Crippen LogP contribution in [-0.4, -0.2) is 22.1 Å². The minimum Gasteiger partial charge on any atom is -0.338 e. The van der Waals surface area contributed by atoms with Gasteiger partial charge < -0.3 is 15.2 Å². The maximum absolute atomic E-state index is 12.0. The van der Waals surface area contributed by atoms with E-state index in [0.717, 1.165) is 41.8 Å². The summed E-state index contributed by atoms with van der Waals surface area (Å²) in [6.45, 7) is 4.98. The molecule has 0 bridgehead atoms. The summed E-state index contributed by atoms with van der Waals surface area (Å²) in [5, 5.41) is 5.81. The largest absolute Gasteiger partial charge is 0.338 e. The number of carbonyl (C=O) groups excluding carboxylic acids is 1. The van der Waals surface area contributed by atoms with E-state index in [2.05, 4.69) is 48.2 Å². The lowest BCUT2D eigenvalue weighted by Crippen LogP contribution is -2.30. The lowest BCUT2D eigenvalue weighted by Gasteiger charge is -2.10. The Labute approximate surface area is 160 Å². The molecule has 0 atom stereocenters. The fraction of sp³-hybridized carbons (Fsp3) is 0.364. The maximum atomic E-state index is 12.0. The average molecular weight is 364 g/mol. The molecular formula is C22H28N4O. The van der Waals surface area contributed by atoms with Gasteiger partial charge in [-0.25, -0.2) is 9.78 Å². The van der Waals surface area contributed by atoms with E-state index in [9.17, 15) is 4.79 Å². The van der Waals surface area contributed by atoms with Crippen LogP contribution in [0.15, 0.2) is 48.5 Å². The Hall–Kier alpha value is -2.82. The SMILES string of the molecule is CC(C)CCNC(=O)Nc1cccc(CCc2nc3ccccc3n2C)c1. The molecule has 0 aliphatic rings. The summed E-state index contributed by atoms with van der Waals surface area (Å²) < 4.78 is 2.15. The Morgan fingerprint density at radius 2 is 1.93 bits per heavy atom. The van der Waals surface area contributed by atoms with Gasteiger partial charge in [0.05, 0.1) is 11.0 Å². The molecule has 5 nitrogen and oxygen atoms in total. The molecule has 3 rings (SSSR count). The Morgan fingerprint density at radius 3 is 2.70 bits per heavy atom. The van der Waals surface area contributed by atoms with Crippen molar-refractivity contribution in [2.45, 2.75) is 33.1 Å². The van der Waals surface area contributed by atoms with Crippen molar-refractivity contribution >= 4 is 22.8 Å². The van der Waals surface area contributed by atoms with Crippen LogP contribution >= 0.6 is 0 Å². The number of benzene rings is 2. The third-order valence-electron chi connectivity index (χ3n) is 4.71. The van der Waals surface area contributed by atoms with Gasteiger partial charge in [0.25, 0.3) is 0 Å². The van der Waals surface area contributed by atoms with Crippen molar-refractivity contribution in [3.63, 3.8) is 0 Å².